The van der Waals surface area contributed by atoms with E-state index >= 15 is 0 Å². The first-order valence-electron chi connectivity index (χ1n) is 6.72. The number of pyridine rings is 1. The van der Waals surface area contributed by atoms with Crippen LogP contribution in [-0.4, -0.2) is 10.9 Å². The van der Waals surface area contributed by atoms with Gasteiger partial charge >= 0.3 is 0 Å². The zero-order valence-electron chi connectivity index (χ0n) is 11.8. The average molecular weight is 263 g/mol. The Hall–Kier alpha value is -1.78. The highest BCUT2D eigenvalue weighted by Crippen LogP contribution is 2.17. The number of nitroso groups, excluding NO2 is 1. The Morgan fingerprint density at radius 2 is 2.11 bits per heavy atom. The number of hydrogen-bond acceptors (Lipinski definition) is 4. The maximum atomic E-state index is 11.8. The Morgan fingerprint density at radius 1 is 1.37 bits per heavy atom. The van der Waals surface area contributed by atoms with E-state index in [-0.39, 0.29) is 11.8 Å². The minimum atomic E-state index is -0.324. The molecule has 0 aliphatic heterocycles. The monoisotopic (exact) mass is 263 g/mol. The largest absolute Gasteiger partial charge is 0.272 e. The highest BCUT2D eigenvalue weighted by Gasteiger charge is 2.19. The summed E-state index contributed by atoms with van der Waals surface area (Å²) < 4.78 is 0. The molecular weight excluding hydrogens is 242 g/mol. The molecule has 0 aromatic carbocycles. The summed E-state index contributed by atoms with van der Waals surface area (Å²) in [5, 5.41) is 3.65. The molecule has 1 aromatic rings. The number of amides is 1. The molecular formula is C14H21N3O2. The number of anilines is 1. The van der Waals surface area contributed by atoms with Crippen molar-refractivity contribution in [2.75, 3.05) is 5.01 Å². The summed E-state index contributed by atoms with van der Waals surface area (Å²) >= 11 is 0. The molecule has 0 atom stereocenters. The number of hydrogen-bond donors (Lipinski definition) is 0. The van der Waals surface area contributed by atoms with Crippen LogP contribution in [0.2, 0.25) is 0 Å². The molecule has 19 heavy (non-hydrogen) atoms. The van der Waals surface area contributed by atoms with Gasteiger partial charge in [0.25, 0.3) is 5.91 Å². The molecule has 104 valence electrons. The van der Waals surface area contributed by atoms with Crippen molar-refractivity contribution in [2.24, 2.45) is 11.2 Å². The molecule has 0 aliphatic rings. The van der Waals surface area contributed by atoms with E-state index in [0.29, 0.717) is 5.69 Å². The summed E-state index contributed by atoms with van der Waals surface area (Å²) in [6.45, 7) is 5.61. The SMILES string of the molecule is CCCCCc1ccc(N(N=O)C(=O)C(C)C)cn1. The predicted molar refractivity (Wildman–Crippen MR) is 75.6 cm³/mol. The van der Waals surface area contributed by atoms with Crippen molar-refractivity contribution in [3.05, 3.63) is 28.9 Å². The molecule has 1 amide bonds. The molecule has 5 heteroatoms. The van der Waals surface area contributed by atoms with Gasteiger partial charge in [-0.2, -0.15) is 5.01 Å². The lowest BCUT2D eigenvalue weighted by Crippen LogP contribution is -2.29. The fraction of sp³-hybridized carbons (Fsp3) is 0.571. The molecule has 1 heterocycles. The first-order chi connectivity index (χ1) is 9.10. The van der Waals surface area contributed by atoms with E-state index in [1.807, 2.05) is 6.07 Å². The fourth-order valence-corrected chi connectivity index (χ4v) is 1.71. The van der Waals surface area contributed by atoms with Crippen LogP contribution >= 0.6 is 0 Å². The van der Waals surface area contributed by atoms with Gasteiger partial charge in [0.1, 0.15) is 0 Å². The molecule has 0 spiro atoms. The number of carbonyl (C=O) groups excluding carboxylic acids is 1. The van der Waals surface area contributed by atoms with E-state index in [4.69, 9.17) is 0 Å². The standard InChI is InChI=1S/C14H21N3O2/c1-4-5-6-7-12-8-9-13(10-15-12)17(16-19)14(18)11(2)3/h8-11H,4-7H2,1-3H3. The summed E-state index contributed by atoms with van der Waals surface area (Å²) in [6, 6.07) is 3.56. The van der Waals surface area contributed by atoms with Crippen molar-refractivity contribution in [3.63, 3.8) is 0 Å². The number of aryl methyl sites for hydroxylation is 1. The van der Waals surface area contributed by atoms with Crippen molar-refractivity contribution in [2.45, 2.75) is 46.5 Å². The van der Waals surface area contributed by atoms with Crippen LogP contribution in [0.3, 0.4) is 0 Å². The van der Waals surface area contributed by atoms with Gasteiger partial charge < -0.3 is 0 Å². The minimum Gasteiger partial charge on any atom is -0.272 e. The Morgan fingerprint density at radius 3 is 2.58 bits per heavy atom. The Kier molecular flexibility index (Phi) is 6.12. The Balaban J connectivity index is 2.73. The third kappa shape index (κ3) is 4.43. The second-order valence-corrected chi connectivity index (χ2v) is 4.85. The molecule has 0 saturated heterocycles. The third-order valence-electron chi connectivity index (χ3n) is 2.87. The molecule has 1 aromatic heterocycles. The first-order valence-corrected chi connectivity index (χ1v) is 6.72. The van der Waals surface area contributed by atoms with Gasteiger partial charge in [0.2, 0.25) is 0 Å². The summed E-state index contributed by atoms with van der Waals surface area (Å²) in [5.41, 5.74) is 1.40. The van der Waals surface area contributed by atoms with Crippen molar-refractivity contribution < 1.29 is 4.79 Å². The van der Waals surface area contributed by atoms with E-state index in [9.17, 15) is 9.70 Å². The second kappa shape index (κ2) is 7.61. The smallest absolute Gasteiger partial charge is 0.252 e. The molecule has 0 bridgehead atoms. The highest BCUT2D eigenvalue weighted by atomic mass is 16.3. The number of rotatable bonds is 7. The summed E-state index contributed by atoms with van der Waals surface area (Å²) in [7, 11) is 0. The highest BCUT2D eigenvalue weighted by molar-refractivity contribution is 5.93. The van der Waals surface area contributed by atoms with Crippen molar-refractivity contribution in [1.29, 1.82) is 0 Å². The molecule has 0 saturated carbocycles. The van der Waals surface area contributed by atoms with Gasteiger partial charge in [-0.05, 0) is 25.0 Å². The van der Waals surface area contributed by atoms with Crippen LogP contribution in [0.15, 0.2) is 23.6 Å². The number of nitrogens with zero attached hydrogens (tertiary/aromatic N) is 3. The molecule has 0 aliphatic carbocycles. The Bertz CT molecular complexity index is 415. The lowest BCUT2D eigenvalue weighted by molar-refractivity contribution is -0.121. The Labute approximate surface area is 114 Å². The minimum absolute atomic E-state index is 0.276. The topological polar surface area (TPSA) is 62.6 Å². The summed E-state index contributed by atoms with van der Waals surface area (Å²) in [4.78, 5) is 26.8. The van der Waals surface area contributed by atoms with Gasteiger partial charge in [-0.15, -0.1) is 4.91 Å². The maximum Gasteiger partial charge on any atom is 0.252 e. The van der Waals surface area contributed by atoms with Crippen molar-refractivity contribution >= 4 is 11.6 Å². The zero-order valence-corrected chi connectivity index (χ0v) is 11.8. The molecule has 1 rings (SSSR count). The van der Waals surface area contributed by atoms with Crippen LogP contribution in [0.25, 0.3) is 0 Å². The van der Waals surface area contributed by atoms with Crippen LogP contribution < -0.4 is 5.01 Å². The fourth-order valence-electron chi connectivity index (χ4n) is 1.71. The summed E-state index contributed by atoms with van der Waals surface area (Å²) in [6.07, 6.45) is 5.90. The van der Waals surface area contributed by atoms with E-state index in [2.05, 4.69) is 17.2 Å². The number of unbranched alkanes of at least 4 members (excludes halogenated alkanes) is 2. The predicted octanol–water partition coefficient (Wildman–Crippen LogP) is 3.48. The van der Waals surface area contributed by atoms with Crippen LogP contribution in [-0.2, 0) is 11.2 Å². The number of aromatic nitrogens is 1. The summed E-state index contributed by atoms with van der Waals surface area (Å²) in [5.74, 6) is -0.600. The van der Waals surface area contributed by atoms with E-state index in [1.54, 1.807) is 19.9 Å². The van der Waals surface area contributed by atoms with Crippen LogP contribution in [0, 0.1) is 10.8 Å². The molecule has 5 nitrogen and oxygen atoms in total. The third-order valence-corrected chi connectivity index (χ3v) is 2.87. The van der Waals surface area contributed by atoms with E-state index in [1.165, 1.54) is 19.0 Å². The average Bonchev–Trinajstić information content (AvgIpc) is 2.41. The van der Waals surface area contributed by atoms with Crippen LogP contribution in [0.4, 0.5) is 5.69 Å². The molecule has 0 N–H and O–H groups in total. The van der Waals surface area contributed by atoms with Gasteiger partial charge in [0, 0.05) is 11.6 Å². The van der Waals surface area contributed by atoms with E-state index in [0.717, 1.165) is 23.5 Å². The normalized spacial score (nSPS) is 10.5. The number of carbonyl (C=O) groups is 1. The zero-order chi connectivity index (χ0) is 14.3. The van der Waals surface area contributed by atoms with E-state index < -0.39 is 0 Å². The van der Waals surface area contributed by atoms with Gasteiger partial charge in [-0.3, -0.25) is 9.78 Å². The van der Waals surface area contributed by atoms with Crippen molar-refractivity contribution in [3.8, 4) is 0 Å². The maximum absolute atomic E-state index is 11.8. The first kappa shape index (κ1) is 15.3. The lowest BCUT2D eigenvalue weighted by Gasteiger charge is -2.15. The van der Waals surface area contributed by atoms with Crippen molar-refractivity contribution in [1.82, 2.24) is 4.98 Å². The quantitative estimate of drug-likeness (QED) is 0.430. The molecule has 0 radical (unpaired) electrons. The van der Waals surface area contributed by atoms with Gasteiger partial charge in [-0.25, -0.2) is 0 Å². The van der Waals surface area contributed by atoms with Gasteiger partial charge in [0.15, 0.2) is 0 Å². The van der Waals surface area contributed by atoms with Gasteiger partial charge in [-0.1, -0.05) is 33.6 Å². The molecule has 0 unspecified atom stereocenters. The molecule has 0 fully saturated rings. The second-order valence-electron chi connectivity index (χ2n) is 4.85. The van der Waals surface area contributed by atoms with Crippen LogP contribution in [0.1, 0.15) is 45.7 Å². The van der Waals surface area contributed by atoms with Crippen LogP contribution in [0.5, 0.6) is 0 Å². The van der Waals surface area contributed by atoms with Gasteiger partial charge in [0.05, 0.1) is 17.2 Å². The lowest BCUT2D eigenvalue weighted by atomic mass is 10.1.